The smallest absolute Gasteiger partial charge is 0.247 e. The lowest BCUT2D eigenvalue weighted by molar-refractivity contribution is -0.116. The maximum Gasteiger partial charge on any atom is 0.247 e. The Balaban J connectivity index is 2.29. The molecular weight excluding hydrogens is 368 g/mol. The Morgan fingerprint density at radius 3 is 2.26 bits per heavy atom. The number of hydrogen-bond donors (Lipinski definition) is 1. The quantitative estimate of drug-likeness (QED) is 0.734. The van der Waals surface area contributed by atoms with Crippen molar-refractivity contribution in [1.82, 2.24) is 0 Å². The van der Waals surface area contributed by atoms with Crippen molar-refractivity contribution in [3.8, 4) is 5.75 Å². The lowest BCUT2D eigenvalue weighted by Crippen LogP contribution is -2.45. The zero-order valence-electron chi connectivity index (χ0n) is 15.6. The highest BCUT2D eigenvalue weighted by Crippen LogP contribution is 2.24. The van der Waals surface area contributed by atoms with E-state index in [0.29, 0.717) is 22.7 Å². The number of anilines is 2. The number of sulfonamides is 1. The van der Waals surface area contributed by atoms with Crippen LogP contribution in [0, 0.1) is 0 Å². The molecule has 0 aliphatic heterocycles. The van der Waals surface area contributed by atoms with Gasteiger partial charge in [-0.25, -0.2) is 8.42 Å². The highest BCUT2D eigenvalue weighted by Gasteiger charge is 2.29. The fourth-order valence-electron chi connectivity index (χ4n) is 2.60. The molecule has 0 spiro atoms. The number of benzene rings is 2. The van der Waals surface area contributed by atoms with Crippen LogP contribution in [0.3, 0.4) is 0 Å². The van der Waals surface area contributed by atoms with Crippen LogP contribution in [-0.4, -0.2) is 39.5 Å². The van der Waals surface area contributed by atoms with E-state index in [9.17, 15) is 18.0 Å². The van der Waals surface area contributed by atoms with Gasteiger partial charge in [0.1, 0.15) is 11.8 Å². The average molecular weight is 390 g/mol. The number of carbonyl (C=O) groups excluding carboxylic acids is 2. The Labute approximate surface area is 159 Å². The second kappa shape index (κ2) is 8.22. The number of carbonyl (C=O) groups is 2. The predicted octanol–water partition coefficient (Wildman–Crippen LogP) is 2.69. The number of ketones is 1. The third-order valence-corrected chi connectivity index (χ3v) is 5.19. The van der Waals surface area contributed by atoms with Crippen LogP contribution in [0.5, 0.6) is 5.75 Å². The molecule has 2 aromatic carbocycles. The van der Waals surface area contributed by atoms with Gasteiger partial charge < -0.3 is 10.1 Å². The summed E-state index contributed by atoms with van der Waals surface area (Å²) in [6, 6.07) is 11.8. The SMILES string of the molecule is COc1ccc(N([C@@H](C)C(=O)Nc2cccc(C(C)=O)c2)S(C)(=O)=O)cc1. The van der Waals surface area contributed by atoms with E-state index in [1.165, 1.54) is 21.0 Å². The minimum atomic E-state index is -3.72. The second-order valence-corrected chi connectivity index (χ2v) is 7.92. The number of rotatable bonds is 7. The lowest BCUT2D eigenvalue weighted by Gasteiger charge is -2.28. The zero-order chi connectivity index (χ0) is 20.2. The number of hydrogen-bond acceptors (Lipinski definition) is 5. The molecule has 27 heavy (non-hydrogen) atoms. The Kier molecular flexibility index (Phi) is 6.22. The molecule has 0 aromatic heterocycles. The first-order valence-electron chi connectivity index (χ1n) is 8.19. The van der Waals surface area contributed by atoms with Crippen molar-refractivity contribution >= 4 is 33.1 Å². The molecule has 7 nitrogen and oxygen atoms in total. The van der Waals surface area contributed by atoms with Gasteiger partial charge in [0.05, 0.1) is 19.1 Å². The maximum absolute atomic E-state index is 12.7. The maximum atomic E-state index is 12.7. The molecule has 2 rings (SSSR count). The van der Waals surface area contributed by atoms with Crippen molar-refractivity contribution in [3.63, 3.8) is 0 Å². The van der Waals surface area contributed by atoms with E-state index in [1.807, 2.05) is 0 Å². The molecule has 0 saturated heterocycles. The number of Topliss-reactive ketones (excluding diaryl/α,β-unsaturated/α-hetero) is 1. The van der Waals surface area contributed by atoms with E-state index in [4.69, 9.17) is 4.74 Å². The molecule has 0 unspecified atom stereocenters. The van der Waals surface area contributed by atoms with Crippen molar-refractivity contribution in [2.75, 3.05) is 23.0 Å². The molecule has 2 aromatic rings. The van der Waals surface area contributed by atoms with E-state index >= 15 is 0 Å². The fraction of sp³-hybridized carbons (Fsp3) is 0.263. The molecular formula is C19H22N2O5S. The number of methoxy groups -OCH3 is 1. The van der Waals surface area contributed by atoms with Gasteiger partial charge in [0.2, 0.25) is 15.9 Å². The van der Waals surface area contributed by atoms with E-state index in [0.717, 1.165) is 10.6 Å². The van der Waals surface area contributed by atoms with E-state index in [-0.39, 0.29) is 5.78 Å². The topological polar surface area (TPSA) is 92.8 Å². The van der Waals surface area contributed by atoms with Gasteiger partial charge in [0.15, 0.2) is 5.78 Å². The van der Waals surface area contributed by atoms with Gasteiger partial charge in [-0.2, -0.15) is 0 Å². The molecule has 0 saturated carbocycles. The van der Waals surface area contributed by atoms with Crippen LogP contribution in [0.2, 0.25) is 0 Å². The summed E-state index contributed by atoms with van der Waals surface area (Å²) in [6.07, 6.45) is 1.04. The Hall–Kier alpha value is -2.87. The first kappa shape index (κ1) is 20.4. The largest absolute Gasteiger partial charge is 0.497 e. The number of amides is 1. The monoisotopic (exact) mass is 390 g/mol. The summed E-state index contributed by atoms with van der Waals surface area (Å²) in [5.41, 5.74) is 1.22. The highest BCUT2D eigenvalue weighted by atomic mass is 32.2. The van der Waals surface area contributed by atoms with Gasteiger partial charge in [-0.05, 0) is 50.2 Å². The van der Waals surface area contributed by atoms with Crippen molar-refractivity contribution in [3.05, 3.63) is 54.1 Å². The Morgan fingerprint density at radius 1 is 1.11 bits per heavy atom. The molecule has 144 valence electrons. The number of ether oxygens (including phenoxy) is 1. The first-order valence-corrected chi connectivity index (χ1v) is 10.0. The number of nitrogens with zero attached hydrogens (tertiary/aromatic N) is 1. The van der Waals surface area contributed by atoms with Crippen LogP contribution >= 0.6 is 0 Å². The third kappa shape index (κ3) is 5.07. The highest BCUT2D eigenvalue weighted by molar-refractivity contribution is 7.92. The molecule has 0 aliphatic rings. The van der Waals surface area contributed by atoms with Crippen LogP contribution in [0.1, 0.15) is 24.2 Å². The Morgan fingerprint density at radius 2 is 1.74 bits per heavy atom. The number of nitrogens with one attached hydrogen (secondary N) is 1. The molecule has 1 N–H and O–H groups in total. The summed E-state index contributed by atoms with van der Waals surface area (Å²) < 4.78 is 30.7. The minimum absolute atomic E-state index is 0.129. The van der Waals surface area contributed by atoms with Crippen LogP contribution in [0.4, 0.5) is 11.4 Å². The summed E-state index contributed by atoms with van der Waals surface area (Å²) >= 11 is 0. The summed E-state index contributed by atoms with van der Waals surface area (Å²) in [4.78, 5) is 24.1. The van der Waals surface area contributed by atoms with Gasteiger partial charge in [-0.3, -0.25) is 13.9 Å². The van der Waals surface area contributed by atoms with Crippen LogP contribution < -0.4 is 14.4 Å². The van der Waals surface area contributed by atoms with Gasteiger partial charge >= 0.3 is 0 Å². The van der Waals surface area contributed by atoms with E-state index < -0.39 is 22.0 Å². The Bertz CT molecular complexity index is 939. The standard InChI is InChI=1S/C19H22N2O5S/c1-13(19(23)20-16-7-5-6-15(12-16)14(2)22)21(27(4,24)25)17-8-10-18(26-3)11-9-17/h5-13H,1-4H3,(H,20,23)/t13-/m0/s1. The van der Waals surface area contributed by atoms with Gasteiger partial charge in [-0.1, -0.05) is 12.1 Å². The van der Waals surface area contributed by atoms with E-state index in [2.05, 4.69) is 5.32 Å². The minimum Gasteiger partial charge on any atom is -0.497 e. The zero-order valence-corrected chi connectivity index (χ0v) is 16.4. The normalized spacial score (nSPS) is 12.1. The van der Waals surface area contributed by atoms with Crippen molar-refractivity contribution < 1.29 is 22.7 Å². The molecule has 0 aliphatic carbocycles. The summed E-state index contributed by atoms with van der Waals surface area (Å²) in [5, 5.41) is 2.66. The molecule has 1 amide bonds. The van der Waals surface area contributed by atoms with Gasteiger partial charge in [0.25, 0.3) is 0 Å². The summed E-state index contributed by atoms with van der Waals surface area (Å²) in [5.74, 6) is -0.0718. The molecule has 0 radical (unpaired) electrons. The van der Waals surface area contributed by atoms with Gasteiger partial charge in [0, 0.05) is 11.3 Å². The molecule has 1 atom stereocenters. The fourth-order valence-corrected chi connectivity index (χ4v) is 3.78. The van der Waals surface area contributed by atoms with Crippen molar-refractivity contribution in [2.24, 2.45) is 0 Å². The summed E-state index contributed by atoms with van der Waals surface area (Å²) in [6.45, 7) is 2.92. The second-order valence-electron chi connectivity index (χ2n) is 6.06. The van der Waals surface area contributed by atoms with Gasteiger partial charge in [-0.15, -0.1) is 0 Å². The van der Waals surface area contributed by atoms with Crippen LogP contribution in [-0.2, 0) is 14.8 Å². The van der Waals surface area contributed by atoms with E-state index in [1.54, 1.807) is 48.5 Å². The predicted molar refractivity (Wildman–Crippen MR) is 105 cm³/mol. The lowest BCUT2D eigenvalue weighted by atomic mass is 10.1. The summed E-state index contributed by atoms with van der Waals surface area (Å²) in [7, 11) is -2.21. The van der Waals surface area contributed by atoms with Crippen LogP contribution in [0.15, 0.2) is 48.5 Å². The van der Waals surface area contributed by atoms with Crippen molar-refractivity contribution in [2.45, 2.75) is 19.9 Å². The third-order valence-electron chi connectivity index (χ3n) is 3.95. The van der Waals surface area contributed by atoms with Crippen LogP contribution in [0.25, 0.3) is 0 Å². The first-order chi connectivity index (χ1) is 12.6. The molecule has 0 heterocycles. The molecule has 8 heteroatoms. The van der Waals surface area contributed by atoms with Crippen molar-refractivity contribution in [1.29, 1.82) is 0 Å². The average Bonchev–Trinajstić information content (AvgIpc) is 2.61. The molecule has 0 bridgehead atoms. The molecule has 0 fully saturated rings.